The van der Waals surface area contributed by atoms with Crippen molar-refractivity contribution in [1.29, 1.82) is 5.41 Å². The van der Waals surface area contributed by atoms with Crippen molar-refractivity contribution in [1.82, 2.24) is 0 Å². The molecule has 0 atom stereocenters. The molecule has 1 aliphatic rings. The summed E-state index contributed by atoms with van der Waals surface area (Å²) in [4.78, 5) is -2.12. The first kappa shape index (κ1) is 26.3. The lowest BCUT2D eigenvalue weighted by molar-refractivity contribution is 0.481. The van der Waals surface area contributed by atoms with Gasteiger partial charge in [-0.15, -0.1) is 0 Å². The van der Waals surface area contributed by atoms with Crippen LogP contribution in [-0.4, -0.2) is 44.6 Å². The third-order valence-corrected chi connectivity index (χ3v) is 7.74. The van der Waals surface area contributed by atoms with Crippen molar-refractivity contribution in [3.05, 3.63) is 75.7 Å². The highest BCUT2D eigenvalue weighted by Crippen LogP contribution is 2.37. The highest BCUT2D eigenvalue weighted by atomic mass is 32.2. The van der Waals surface area contributed by atoms with E-state index < -0.39 is 50.8 Å². The van der Waals surface area contributed by atoms with Gasteiger partial charge in [0.25, 0.3) is 30.4 Å². The van der Waals surface area contributed by atoms with Crippen LogP contribution in [0.4, 0.5) is 11.4 Å². The third kappa shape index (κ3) is 5.34. The van der Waals surface area contributed by atoms with Gasteiger partial charge in [-0.1, -0.05) is 12.1 Å². The fourth-order valence-corrected chi connectivity index (χ4v) is 5.41. The molecule has 12 nitrogen and oxygen atoms in total. The van der Waals surface area contributed by atoms with Crippen LogP contribution in [0.1, 0.15) is 16.7 Å². The Morgan fingerprint density at radius 2 is 1.37 bits per heavy atom. The molecule has 0 heterocycles. The van der Waals surface area contributed by atoms with E-state index in [9.17, 15) is 38.9 Å². The van der Waals surface area contributed by atoms with Crippen molar-refractivity contribution in [2.45, 2.75) is 16.7 Å². The third-order valence-electron chi connectivity index (χ3n) is 5.04. The number of aryl methyl sites for hydroxylation is 1. The van der Waals surface area contributed by atoms with Crippen LogP contribution in [0.2, 0.25) is 0 Å². The Morgan fingerprint density at radius 1 is 0.800 bits per heavy atom. The Morgan fingerprint density at radius 3 is 1.91 bits per heavy atom. The largest absolute Gasteiger partial charge is 0.398 e. The molecule has 35 heavy (non-hydrogen) atoms. The zero-order valence-electron chi connectivity index (χ0n) is 17.8. The Balaban J connectivity index is 2.52. The highest BCUT2D eigenvalue weighted by Gasteiger charge is 2.25. The van der Waals surface area contributed by atoms with E-state index in [0.717, 1.165) is 30.4 Å². The van der Waals surface area contributed by atoms with Crippen LogP contribution in [0.3, 0.4) is 0 Å². The Hall–Kier alpha value is -3.34. The van der Waals surface area contributed by atoms with E-state index in [0.29, 0.717) is 0 Å². The van der Waals surface area contributed by atoms with E-state index in [4.69, 9.17) is 16.9 Å². The van der Waals surface area contributed by atoms with Gasteiger partial charge in [0, 0.05) is 0 Å². The summed E-state index contributed by atoms with van der Waals surface area (Å²) in [6.07, 6.45) is 3.25. The van der Waals surface area contributed by atoms with Crippen molar-refractivity contribution in [2.75, 3.05) is 11.5 Å². The zero-order chi connectivity index (χ0) is 26.5. The molecule has 186 valence electrons. The van der Waals surface area contributed by atoms with E-state index in [1.165, 1.54) is 25.1 Å². The van der Waals surface area contributed by atoms with E-state index >= 15 is 0 Å². The van der Waals surface area contributed by atoms with Gasteiger partial charge in [0.1, 0.15) is 14.7 Å². The number of hydrogen-bond donors (Lipinski definition) is 6. The number of anilines is 2. The molecular formula is C20H19N3O9S3. The monoisotopic (exact) mass is 541 g/mol. The second-order valence-corrected chi connectivity index (χ2v) is 11.6. The molecule has 15 heteroatoms. The number of rotatable bonds is 5. The summed E-state index contributed by atoms with van der Waals surface area (Å²) in [6.45, 7) is 1.44. The van der Waals surface area contributed by atoms with E-state index in [1.54, 1.807) is 0 Å². The number of benzene rings is 2. The van der Waals surface area contributed by atoms with Gasteiger partial charge in [-0.3, -0.25) is 19.1 Å². The maximum Gasteiger partial charge on any atom is 0.296 e. The summed E-state index contributed by atoms with van der Waals surface area (Å²) in [5, 5.41) is 7.79. The molecule has 0 saturated carbocycles. The van der Waals surface area contributed by atoms with Crippen LogP contribution >= 0.6 is 0 Å². The van der Waals surface area contributed by atoms with Crippen LogP contribution in [0.5, 0.6) is 0 Å². The van der Waals surface area contributed by atoms with Crippen LogP contribution < -0.4 is 11.5 Å². The Labute approximate surface area is 201 Å². The SMILES string of the molecule is Cc1cc(/C(=C2\C=CC(=N)C(S(=O)(=O)O)=C2)c2ccc(N)c(S(=O)(=O)O)c2)cc(S(=O)(=O)O)c1N. The van der Waals surface area contributed by atoms with Crippen molar-refractivity contribution in [2.24, 2.45) is 0 Å². The summed E-state index contributed by atoms with van der Waals surface area (Å²) in [7, 11) is -14.5. The summed E-state index contributed by atoms with van der Waals surface area (Å²) in [5.74, 6) is 0. The first-order valence-electron chi connectivity index (χ1n) is 9.37. The predicted molar refractivity (Wildman–Crippen MR) is 129 cm³/mol. The topological polar surface area (TPSA) is 239 Å². The van der Waals surface area contributed by atoms with Gasteiger partial charge < -0.3 is 11.5 Å². The molecule has 0 amide bonds. The molecule has 2 aromatic carbocycles. The van der Waals surface area contributed by atoms with E-state index in [-0.39, 0.29) is 39.2 Å². The lowest BCUT2D eigenvalue weighted by Gasteiger charge is -2.18. The number of nitrogen functional groups attached to an aromatic ring is 2. The molecule has 0 aromatic heterocycles. The summed E-state index contributed by atoms with van der Waals surface area (Å²) in [5.41, 5.74) is 10.6. The molecule has 0 radical (unpaired) electrons. The summed E-state index contributed by atoms with van der Waals surface area (Å²) < 4.78 is 99.7. The van der Waals surface area contributed by atoms with Gasteiger partial charge in [0.05, 0.1) is 17.1 Å². The van der Waals surface area contributed by atoms with Crippen molar-refractivity contribution in [3.8, 4) is 0 Å². The molecule has 8 N–H and O–H groups in total. The lowest BCUT2D eigenvalue weighted by Crippen LogP contribution is -2.13. The molecule has 1 aliphatic carbocycles. The normalized spacial score (nSPS) is 16.2. The minimum Gasteiger partial charge on any atom is -0.398 e. The molecule has 0 saturated heterocycles. The number of nitrogens with two attached hydrogens (primary N) is 2. The molecule has 3 rings (SSSR count). The minimum absolute atomic E-state index is 0.00476. The Bertz CT molecular complexity index is 1700. The maximum absolute atomic E-state index is 11.9. The first-order chi connectivity index (χ1) is 15.9. The summed E-state index contributed by atoms with van der Waals surface area (Å²) in [6, 6.07) is 5.82. The van der Waals surface area contributed by atoms with Gasteiger partial charge >= 0.3 is 0 Å². The fraction of sp³-hybridized carbons (Fsp3) is 0.0500. The average Bonchev–Trinajstić information content (AvgIpc) is 2.70. The van der Waals surface area contributed by atoms with Crippen molar-refractivity contribution >= 4 is 53.0 Å². The maximum atomic E-state index is 11.9. The van der Waals surface area contributed by atoms with Gasteiger partial charge in [0.2, 0.25) is 0 Å². The molecule has 0 spiro atoms. The van der Waals surface area contributed by atoms with E-state index in [2.05, 4.69) is 0 Å². The zero-order valence-corrected chi connectivity index (χ0v) is 20.2. The number of allylic oxidation sites excluding steroid dienone is 5. The predicted octanol–water partition coefficient (Wildman–Crippen LogP) is 1.82. The van der Waals surface area contributed by atoms with Crippen molar-refractivity contribution in [3.63, 3.8) is 0 Å². The van der Waals surface area contributed by atoms with Crippen LogP contribution in [0, 0.1) is 12.3 Å². The average molecular weight is 542 g/mol. The van der Waals surface area contributed by atoms with Gasteiger partial charge in [-0.2, -0.15) is 25.3 Å². The van der Waals surface area contributed by atoms with E-state index in [1.807, 2.05) is 0 Å². The molecule has 0 unspecified atom stereocenters. The molecular weight excluding hydrogens is 522 g/mol. The standard InChI is InChI=1S/C20H19N3O9S3/c1-10-6-13(9-18(20(10)23)35(30,31)32)19(11-2-4-14(21)16(7-11)33(24,25)26)12-3-5-15(22)17(8-12)34(27,28)29/h2-9,21H,22-23H2,1H3,(H,24,25,26)(H,27,28,29)(H,30,31,32)/b19-11+,21-14?. The molecule has 0 fully saturated rings. The summed E-state index contributed by atoms with van der Waals surface area (Å²) >= 11 is 0. The first-order valence-corrected chi connectivity index (χ1v) is 13.7. The molecule has 2 aromatic rings. The Kier molecular flexibility index (Phi) is 6.53. The van der Waals surface area contributed by atoms with Gasteiger partial charge in [-0.25, -0.2) is 0 Å². The van der Waals surface area contributed by atoms with Gasteiger partial charge in [-0.05, 0) is 71.2 Å². The van der Waals surface area contributed by atoms with Crippen LogP contribution in [0.25, 0.3) is 5.57 Å². The number of nitrogens with one attached hydrogen (secondary N) is 1. The smallest absolute Gasteiger partial charge is 0.296 e. The minimum atomic E-state index is -4.85. The van der Waals surface area contributed by atoms with Crippen LogP contribution in [0.15, 0.2) is 68.8 Å². The van der Waals surface area contributed by atoms with Crippen LogP contribution in [-0.2, 0) is 30.4 Å². The fourth-order valence-electron chi connectivity index (χ4n) is 3.43. The second-order valence-electron chi connectivity index (χ2n) is 7.47. The molecule has 0 bridgehead atoms. The quantitative estimate of drug-likeness (QED) is 0.235. The molecule has 0 aliphatic heterocycles. The van der Waals surface area contributed by atoms with Crippen molar-refractivity contribution < 1.29 is 38.9 Å². The number of hydrogen-bond acceptors (Lipinski definition) is 9. The van der Waals surface area contributed by atoms with Gasteiger partial charge in [0.15, 0.2) is 0 Å². The highest BCUT2D eigenvalue weighted by molar-refractivity contribution is 7.91. The lowest BCUT2D eigenvalue weighted by atomic mass is 9.89. The second kappa shape index (κ2) is 8.71.